The maximum absolute atomic E-state index is 12.3. The molecule has 0 aliphatic carbocycles. The van der Waals surface area contributed by atoms with Crippen LogP contribution in [0.2, 0.25) is 0 Å². The zero-order valence-electron chi connectivity index (χ0n) is 53.5. The summed E-state index contributed by atoms with van der Waals surface area (Å²) in [5.74, 6) is -20.1. The van der Waals surface area contributed by atoms with Crippen molar-refractivity contribution in [2.45, 2.75) is 247 Å². The zero-order chi connectivity index (χ0) is 75.1. The normalized spacial score (nSPS) is 45.1. The van der Waals surface area contributed by atoms with Crippen LogP contribution < -0.4 is 20.4 Å². The second kappa shape index (κ2) is 36.2. The number of methoxy groups -OCH3 is 4. The summed E-state index contributed by atoms with van der Waals surface area (Å²) in [5.41, 5.74) is 0. The van der Waals surface area contributed by atoms with E-state index in [1.54, 1.807) is 0 Å². The number of aliphatic hydroxyl groups excluding tert-OH is 17. The molecule has 42 heteroatoms. The fraction of sp³-hybridized carbons (Fsp3) is 0.862. The van der Waals surface area contributed by atoms with Crippen molar-refractivity contribution in [1.29, 1.82) is 0 Å². The Morgan fingerprint density at radius 1 is 0.380 bits per heavy atom. The first-order valence-corrected chi connectivity index (χ1v) is 31.3. The molecule has 0 spiro atoms. The number of carbonyl (C=O) groups is 8. The van der Waals surface area contributed by atoms with Gasteiger partial charge in [0.2, 0.25) is 0 Å². The smallest absolute Gasteiger partial charge is 0.333 e. The van der Waals surface area contributed by atoms with Gasteiger partial charge in [0.25, 0.3) is 0 Å². The van der Waals surface area contributed by atoms with Crippen molar-refractivity contribution >= 4 is 48.4 Å². The van der Waals surface area contributed by atoms with E-state index in [0.29, 0.717) is 12.6 Å². The molecule has 0 aromatic heterocycles. The third kappa shape index (κ3) is 18.2. The molecular formula is C58H86O42-4. The van der Waals surface area contributed by atoms with Gasteiger partial charge in [0.15, 0.2) is 24.8 Å². The van der Waals surface area contributed by atoms with Crippen molar-refractivity contribution in [1.82, 2.24) is 0 Å². The predicted molar refractivity (Wildman–Crippen MR) is 299 cm³/mol. The van der Waals surface area contributed by atoms with E-state index in [2.05, 4.69) is 4.74 Å². The molecule has 7 heterocycles. The number of aldehydes is 2. The van der Waals surface area contributed by atoms with Gasteiger partial charge >= 0.3 is 11.9 Å². The summed E-state index contributed by atoms with van der Waals surface area (Å²) in [7, 11) is 4.23. The number of hydrogen-bond donors (Lipinski definition) is 19. The Bertz CT molecular complexity index is 2710. The summed E-state index contributed by atoms with van der Waals surface area (Å²) in [5, 5.41) is 249. The van der Waals surface area contributed by atoms with E-state index >= 15 is 0 Å². The van der Waals surface area contributed by atoms with Gasteiger partial charge in [-0.2, -0.15) is 0 Å². The molecule has 0 aromatic carbocycles. The van der Waals surface area contributed by atoms with Crippen LogP contribution in [0.15, 0.2) is 0 Å². The van der Waals surface area contributed by atoms with Gasteiger partial charge in [-0.25, -0.2) is 9.59 Å². The molecule has 0 amide bonds. The van der Waals surface area contributed by atoms with Crippen LogP contribution in [0.1, 0.15) is 44.9 Å². The summed E-state index contributed by atoms with van der Waals surface area (Å²) in [6.07, 6.45) is -64.1. The van der Waals surface area contributed by atoms with Gasteiger partial charge in [-0.1, -0.05) is 0 Å². The van der Waals surface area contributed by atoms with Crippen molar-refractivity contribution in [3.05, 3.63) is 0 Å². The number of carboxylic acid groups (broad SMARTS) is 6. The summed E-state index contributed by atoms with van der Waals surface area (Å²) < 4.78 is 57.2. The average Bonchev–Trinajstić information content (AvgIpc) is 0.780. The van der Waals surface area contributed by atoms with Crippen LogP contribution in [-0.4, -0.2) is 376 Å². The van der Waals surface area contributed by atoms with Crippen molar-refractivity contribution < 1.29 is 208 Å². The highest BCUT2D eigenvalue weighted by Gasteiger charge is 2.58. The molecular weight excluding hydrogens is 1370 g/mol. The molecule has 100 heavy (non-hydrogen) atoms. The molecule has 39 atom stereocenters. The highest BCUT2D eigenvalue weighted by Crippen LogP contribution is 2.43. The molecule has 19 N–H and O–H groups in total. The number of ether oxygens (including phenoxy) is 11. The van der Waals surface area contributed by atoms with Crippen molar-refractivity contribution in [2.75, 3.05) is 28.4 Å². The second-order valence-electron chi connectivity index (χ2n) is 25.6. The minimum Gasteiger partial charge on any atom is -0.547 e. The van der Waals surface area contributed by atoms with Crippen LogP contribution in [0.25, 0.3) is 0 Å². The number of hydrogen-bond acceptors (Lipinski definition) is 40. The summed E-state index contributed by atoms with van der Waals surface area (Å²) in [6.45, 7) is 0. The molecule has 7 rings (SSSR count). The lowest BCUT2D eigenvalue weighted by molar-refractivity contribution is -0.340. The number of rotatable bonds is 28. The Balaban J connectivity index is 0.000000315. The predicted octanol–water partition coefficient (Wildman–Crippen LogP) is -17.3. The molecule has 7 aliphatic heterocycles. The lowest BCUT2D eigenvalue weighted by Gasteiger charge is -2.49. The van der Waals surface area contributed by atoms with Gasteiger partial charge < -0.3 is 198 Å². The maximum Gasteiger partial charge on any atom is 0.333 e. The lowest BCUT2D eigenvalue weighted by Crippen LogP contribution is -2.65. The van der Waals surface area contributed by atoms with Crippen LogP contribution in [0.5, 0.6) is 0 Å². The van der Waals surface area contributed by atoms with Crippen molar-refractivity contribution in [2.24, 2.45) is 35.5 Å². The quantitative estimate of drug-likeness (QED) is 0.0255. The zero-order valence-corrected chi connectivity index (χ0v) is 53.5. The van der Waals surface area contributed by atoms with Crippen molar-refractivity contribution in [3.63, 3.8) is 0 Å². The Labute approximate surface area is 565 Å². The monoisotopic (exact) mass is 1450 g/mol. The van der Waals surface area contributed by atoms with Gasteiger partial charge in [0.1, 0.15) is 116 Å². The molecule has 0 aromatic rings. The van der Waals surface area contributed by atoms with Gasteiger partial charge in [-0.3, -0.25) is 0 Å². The highest BCUT2D eigenvalue weighted by atomic mass is 16.7. The molecule has 0 bridgehead atoms. The van der Waals surface area contributed by atoms with E-state index in [9.17, 15) is 156 Å². The highest BCUT2D eigenvalue weighted by molar-refractivity contribution is 5.74. The van der Waals surface area contributed by atoms with E-state index in [1.807, 2.05) is 0 Å². The van der Waals surface area contributed by atoms with E-state index in [1.165, 1.54) is 0 Å². The summed E-state index contributed by atoms with van der Waals surface area (Å²) >= 11 is 0. The first-order valence-electron chi connectivity index (χ1n) is 31.3. The molecule has 574 valence electrons. The van der Waals surface area contributed by atoms with Crippen LogP contribution in [0.4, 0.5) is 0 Å². The van der Waals surface area contributed by atoms with E-state index < -0.39 is 318 Å². The number of carbonyl (C=O) groups excluding carboxylic acids is 6. The topological polar surface area (TPSA) is 715 Å². The number of aliphatic hydroxyl groups is 17. The first kappa shape index (κ1) is 84.0. The van der Waals surface area contributed by atoms with Crippen LogP contribution in [-0.2, 0) is 90.5 Å². The van der Waals surface area contributed by atoms with Gasteiger partial charge in [-0.15, -0.1) is 0 Å². The largest absolute Gasteiger partial charge is 0.547 e. The molecule has 42 nitrogen and oxygen atoms in total. The summed E-state index contributed by atoms with van der Waals surface area (Å²) in [6, 6.07) is 0. The SMILES string of the molecule is COC(O)C(O)C(O)C(CC=O)CC1OC(C(=O)O)C(CC2OC(C(=O)[O-])C(CC3OC(C(=O)[O-])C(OC)C(O)C3O)C(O)C2O)C(O)C1O.COC1OC(C=O)C(CC2OC(C(=O)O)C(CC3OC(C(=O)[O-])C(CC4OC(C(=O)[O-])C(OC)C(O)C4O)C(O)C3O)C(O)C2O)C(O)C1O. The fourth-order valence-electron chi connectivity index (χ4n) is 14.3. The molecule has 7 fully saturated rings. The minimum atomic E-state index is -2.12. The molecule has 7 saturated heterocycles. The number of aliphatic carboxylic acids is 6. The van der Waals surface area contributed by atoms with E-state index in [0.717, 1.165) is 28.4 Å². The molecule has 0 radical (unpaired) electrons. The third-order valence-corrected chi connectivity index (χ3v) is 19.8. The minimum absolute atomic E-state index is 0.296. The van der Waals surface area contributed by atoms with Crippen LogP contribution in [0, 0.1) is 35.5 Å². The van der Waals surface area contributed by atoms with Crippen molar-refractivity contribution in [3.8, 4) is 0 Å². The van der Waals surface area contributed by atoms with Gasteiger partial charge in [0, 0.05) is 64.4 Å². The van der Waals surface area contributed by atoms with Gasteiger partial charge in [-0.05, 0) is 44.4 Å². The Morgan fingerprint density at radius 3 is 0.990 bits per heavy atom. The van der Waals surface area contributed by atoms with Gasteiger partial charge in [0.05, 0.1) is 97.1 Å². The molecule has 0 saturated carbocycles. The van der Waals surface area contributed by atoms with E-state index in [4.69, 9.17) is 47.4 Å². The maximum atomic E-state index is 12.3. The Hall–Kier alpha value is -4.96. The third-order valence-electron chi connectivity index (χ3n) is 19.8. The fourth-order valence-corrected chi connectivity index (χ4v) is 14.3. The van der Waals surface area contributed by atoms with Crippen LogP contribution >= 0.6 is 0 Å². The Morgan fingerprint density at radius 2 is 0.680 bits per heavy atom. The standard InChI is InChI=1S/C29H44O21.C29H46O21/c1-45-24-20(37)19(36)12(49-25(24)28(43)44)5-9-16(33)18(35)11(48-23(9)27(41)42)4-8-15(32)17(34)10(47-22(8)26(39)40)3-7-13(6-30)50-29(46-2)21(38)14(7)31;1-46-24-20(37)19(36)13(50-25(24)28(43)44)7-10-16(33)18(35)12(49-23(10)27(41)42)6-9-15(32)17(34)11(48-22(9)26(39)40)5-8(3-4-30)14(31)21(38)29(45)47-2/h6-25,29,31-38H,3-5H2,1-2H3,(H,39,40)(H,41,42)(H,43,44);4,8-25,29,31-38,45H,3,5-7H2,1-2H3,(H,39,40)(H,41,42)(H,43,44)/p-4. The first-order chi connectivity index (χ1) is 46.9. The second-order valence-corrected chi connectivity index (χ2v) is 25.6. The Kier molecular flexibility index (Phi) is 30.4. The van der Waals surface area contributed by atoms with Crippen LogP contribution in [0.3, 0.4) is 0 Å². The average molecular weight is 1460 g/mol. The summed E-state index contributed by atoms with van der Waals surface area (Å²) in [4.78, 5) is 95.1. The lowest BCUT2D eigenvalue weighted by atomic mass is 9.75. The number of carboxylic acids is 6. The molecule has 39 unspecified atom stereocenters. The molecule has 7 aliphatic rings. The van der Waals surface area contributed by atoms with E-state index in [-0.39, 0.29) is 0 Å².